The van der Waals surface area contributed by atoms with Crippen LogP contribution in [0.4, 0.5) is 0 Å². The lowest BCUT2D eigenvalue weighted by atomic mass is 9.93. The number of nitrogens with zero attached hydrogens (tertiary/aromatic N) is 1. The number of likely N-dealkylation sites (tertiary alicyclic amines) is 1. The summed E-state index contributed by atoms with van der Waals surface area (Å²) in [6.07, 6.45) is 3.91. The van der Waals surface area contributed by atoms with E-state index in [4.69, 9.17) is 0 Å². The fourth-order valence-electron chi connectivity index (χ4n) is 3.16. The Kier molecular flexibility index (Phi) is 3.72. The van der Waals surface area contributed by atoms with E-state index in [1.165, 1.54) is 24.8 Å². The number of hydrogen-bond donors (Lipinski definition) is 1. The molecular formula is C15H23NO. The second kappa shape index (κ2) is 5.09. The van der Waals surface area contributed by atoms with E-state index in [-0.39, 0.29) is 0 Å². The molecule has 0 radical (unpaired) electrons. The molecule has 3 unspecified atom stereocenters. The highest BCUT2D eigenvalue weighted by molar-refractivity contribution is 5.29. The number of hydrogen-bond acceptors (Lipinski definition) is 2. The van der Waals surface area contributed by atoms with Crippen LogP contribution in [0.5, 0.6) is 5.75 Å². The van der Waals surface area contributed by atoms with Crippen LogP contribution in [0, 0.1) is 0 Å². The Bertz CT molecular complexity index is 367. The molecule has 1 heterocycles. The molecule has 1 aliphatic rings. The largest absolute Gasteiger partial charge is 0.508 e. The van der Waals surface area contributed by atoms with E-state index in [9.17, 15) is 5.11 Å². The highest BCUT2D eigenvalue weighted by Crippen LogP contribution is 2.32. The minimum Gasteiger partial charge on any atom is -0.508 e. The number of aromatic hydroxyl groups is 1. The first-order chi connectivity index (χ1) is 8.09. The molecule has 0 aliphatic carbocycles. The normalized spacial score (nSPS) is 27.9. The molecule has 94 valence electrons. The Balaban J connectivity index is 2.20. The highest BCUT2D eigenvalue weighted by Gasteiger charge is 2.29. The summed E-state index contributed by atoms with van der Waals surface area (Å²) >= 11 is 0. The van der Waals surface area contributed by atoms with Gasteiger partial charge in [-0.3, -0.25) is 4.90 Å². The van der Waals surface area contributed by atoms with Gasteiger partial charge in [0.2, 0.25) is 0 Å². The van der Waals surface area contributed by atoms with Crippen LogP contribution in [0.3, 0.4) is 0 Å². The topological polar surface area (TPSA) is 23.5 Å². The van der Waals surface area contributed by atoms with Crippen LogP contribution >= 0.6 is 0 Å². The third kappa shape index (κ3) is 2.63. The van der Waals surface area contributed by atoms with Gasteiger partial charge in [0, 0.05) is 18.1 Å². The molecule has 0 spiro atoms. The molecule has 1 aromatic rings. The standard InChI is InChI=1S/C15H23NO/c1-11-6-4-7-12(2)16(11)13(3)14-8-5-9-15(17)10-14/h5,8-13,17H,4,6-7H2,1-3H3. The molecule has 2 nitrogen and oxygen atoms in total. The van der Waals surface area contributed by atoms with Crippen LogP contribution in [-0.2, 0) is 0 Å². The molecular weight excluding hydrogens is 210 g/mol. The van der Waals surface area contributed by atoms with Crippen LogP contribution in [-0.4, -0.2) is 22.1 Å². The Morgan fingerprint density at radius 2 is 1.88 bits per heavy atom. The summed E-state index contributed by atoms with van der Waals surface area (Å²) in [4.78, 5) is 2.58. The summed E-state index contributed by atoms with van der Waals surface area (Å²) in [7, 11) is 0. The minimum atomic E-state index is 0.367. The number of phenols is 1. The van der Waals surface area contributed by atoms with Gasteiger partial charge in [-0.2, -0.15) is 0 Å². The molecule has 2 rings (SSSR count). The summed E-state index contributed by atoms with van der Waals surface area (Å²) in [5.41, 5.74) is 1.21. The Hall–Kier alpha value is -1.02. The van der Waals surface area contributed by atoms with Gasteiger partial charge in [-0.25, -0.2) is 0 Å². The van der Waals surface area contributed by atoms with Crippen LogP contribution in [0.1, 0.15) is 51.6 Å². The zero-order chi connectivity index (χ0) is 12.4. The summed E-state index contributed by atoms with van der Waals surface area (Å²) in [5.74, 6) is 0.367. The van der Waals surface area contributed by atoms with E-state index in [2.05, 4.69) is 31.7 Å². The number of phenolic OH excluding ortho intramolecular Hbond substituents is 1. The lowest BCUT2D eigenvalue weighted by molar-refractivity contribution is 0.0622. The first kappa shape index (κ1) is 12.4. The molecule has 0 aromatic heterocycles. The zero-order valence-electron chi connectivity index (χ0n) is 11.1. The first-order valence-electron chi connectivity index (χ1n) is 6.66. The van der Waals surface area contributed by atoms with Crippen molar-refractivity contribution in [1.29, 1.82) is 0 Å². The van der Waals surface area contributed by atoms with Gasteiger partial charge in [0.15, 0.2) is 0 Å². The molecule has 1 fully saturated rings. The molecule has 1 N–H and O–H groups in total. The van der Waals surface area contributed by atoms with Crippen molar-refractivity contribution in [2.45, 2.75) is 58.2 Å². The van der Waals surface area contributed by atoms with Gasteiger partial charge in [0.05, 0.1) is 0 Å². The molecule has 1 saturated heterocycles. The number of piperidine rings is 1. The average Bonchev–Trinajstić information content (AvgIpc) is 2.28. The monoisotopic (exact) mass is 233 g/mol. The quantitative estimate of drug-likeness (QED) is 0.841. The van der Waals surface area contributed by atoms with Gasteiger partial charge in [0.25, 0.3) is 0 Å². The van der Waals surface area contributed by atoms with Gasteiger partial charge >= 0.3 is 0 Å². The minimum absolute atomic E-state index is 0.367. The third-order valence-electron chi connectivity index (χ3n) is 4.06. The van der Waals surface area contributed by atoms with Crippen LogP contribution in [0.25, 0.3) is 0 Å². The molecule has 1 aromatic carbocycles. The molecule has 1 aliphatic heterocycles. The van der Waals surface area contributed by atoms with E-state index in [1.54, 1.807) is 6.07 Å². The summed E-state index contributed by atoms with van der Waals surface area (Å²) in [5, 5.41) is 9.57. The van der Waals surface area contributed by atoms with E-state index < -0.39 is 0 Å². The Morgan fingerprint density at radius 3 is 2.47 bits per heavy atom. The first-order valence-corrected chi connectivity index (χ1v) is 6.66. The van der Waals surface area contributed by atoms with Crippen LogP contribution in [0.2, 0.25) is 0 Å². The maximum absolute atomic E-state index is 9.57. The second-order valence-electron chi connectivity index (χ2n) is 5.35. The fourth-order valence-corrected chi connectivity index (χ4v) is 3.16. The van der Waals surface area contributed by atoms with Crippen molar-refractivity contribution in [3.05, 3.63) is 29.8 Å². The predicted molar refractivity (Wildman–Crippen MR) is 71.1 cm³/mol. The maximum Gasteiger partial charge on any atom is 0.115 e. The van der Waals surface area contributed by atoms with Gasteiger partial charge in [-0.1, -0.05) is 18.6 Å². The number of rotatable bonds is 2. The highest BCUT2D eigenvalue weighted by atomic mass is 16.3. The van der Waals surface area contributed by atoms with Crippen molar-refractivity contribution in [2.75, 3.05) is 0 Å². The molecule has 0 saturated carbocycles. The van der Waals surface area contributed by atoms with E-state index in [0.717, 1.165) is 0 Å². The maximum atomic E-state index is 9.57. The molecule has 0 bridgehead atoms. The van der Waals surface area contributed by atoms with Crippen LogP contribution < -0.4 is 0 Å². The van der Waals surface area contributed by atoms with Crippen molar-refractivity contribution in [2.24, 2.45) is 0 Å². The Labute approximate surface area is 104 Å². The van der Waals surface area contributed by atoms with Gasteiger partial charge in [-0.05, 0) is 51.3 Å². The lowest BCUT2D eigenvalue weighted by Crippen LogP contribution is -2.45. The van der Waals surface area contributed by atoms with E-state index >= 15 is 0 Å². The van der Waals surface area contributed by atoms with Crippen molar-refractivity contribution >= 4 is 0 Å². The van der Waals surface area contributed by atoms with E-state index in [1.807, 2.05) is 12.1 Å². The molecule has 0 amide bonds. The fraction of sp³-hybridized carbons (Fsp3) is 0.600. The Morgan fingerprint density at radius 1 is 1.24 bits per heavy atom. The second-order valence-corrected chi connectivity index (χ2v) is 5.35. The molecule has 17 heavy (non-hydrogen) atoms. The SMILES string of the molecule is CC1CCCC(C)N1C(C)c1cccc(O)c1. The van der Waals surface area contributed by atoms with Crippen molar-refractivity contribution < 1.29 is 5.11 Å². The molecule has 3 atom stereocenters. The van der Waals surface area contributed by atoms with Crippen molar-refractivity contribution in [1.82, 2.24) is 4.90 Å². The van der Waals surface area contributed by atoms with Gasteiger partial charge in [0.1, 0.15) is 5.75 Å². The smallest absolute Gasteiger partial charge is 0.115 e. The summed E-state index contributed by atoms with van der Waals surface area (Å²) in [6.45, 7) is 6.87. The van der Waals surface area contributed by atoms with Gasteiger partial charge in [-0.15, -0.1) is 0 Å². The average molecular weight is 233 g/mol. The zero-order valence-corrected chi connectivity index (χ0v) is 11.1. The summed E-state index contributed by atoms with van der Waals surface area (Å²) < 4.78 is 0. The molecule has 2 heteroatoms. The van der Waals surface area contributed by atoms with E-state index in [0.29, 0.717) is 23.9 Å². The summed E-state index contributed by atoms with van der Waals surface area (Å²) in [6, 6.07) is 9.32. The van der Waals surface area contributed by atoms with Crippen LogP contribution in [0.15, 0.2) is 24.3 Å². The predicted octanol–water partition coefficient (Wildman–Crippen LogP) is 3.72. The van der Waals surface area contributed by atoms with Crippen molar-refractivity contribution in [3.8, 4) is 5.75 Å². The van der Waals surface area contributed by atoms with Gasteiger partial charge < -0.3 is 5.11 Å². The lowest BCUT2D eigenvalue weighted by Gasteiger charge is -2.43. The third-order valence-corrected chi connectivity index (χ3v) is 4.06. The van der Waals surface area contributed by atoms with Crippen molar-refractivity contribution in [3.63, 3.8) is 0 Å². The number of benzene rings is 1.